The molecule has 21 nitrogen and oxygen atoms in total. The Morgan fingerprint density at radius 2 is 0.955 bits per heavy atom. The minimum absolute atomic E-state index is 0.0132. The number of pyridine rings is 3. The van der Waals surface area contributed by atoms with E-state index in [-0.39, 0.29) is 68.3 Å². The first-order valence-corrected chi connectivity index (χ1v) is 35.8. The quantitative estimate of drug-likeness (QED) is 0.0195. The molecule has 4 unspecified atom stereocenters. The van der Waals surface area contributed by atoms with Crippen LogP contribution < -0.4 is 36.4 Å². The van der Waals surface area contributed by atoms with Crippen LogP contribution in [-0.4, -0.2) is 168 Å². The third-order valence-electron chi connectivity index (χ3n) is 13.7. The molecule has 0 aliphatic carbocycles. The number of ether oxygens (including phenoxy) is 2. The van der Waals surface area contributed by atoms with Crippen LogP contribution in [0.5, 0.6) is 11.5 Å². The average molecular weight is 1270 g/mol. The van der Waals surface area contributed by atoms with E-state index in [1.807, 2.05) is 55.5 Å². The Labute approximate surface area is 515 Å². The van der Waals surface area contributed by atoms with Crippen molar-refractivity contribution in [2.75, 3.05) is 86.1 Å². The molecule has 26 heteroatoms. The molecule has 6 N–H and O–H groups in total. The molecule has 88 heavy (non-hydrogen) atoms. The second-order valence-corrected chi connectivity index (χ2v) is 29.5. The number of carbonyl (C=O) groups excluding carboxylic acids is 2. The number of carbonyl (C=O) groups is 2. The fourth-order valence-electron chi connectivity index (χ4n) is 8.88. The smallest absolute Gasteiger partial charge is 0.278 e. The highest BCUT2D eigenvalue weighted by atomic mass is 32.2. The van der Waals surface area contributed by atoms with Gasteiger partial charge >= 0.3 is 0 Å². The van der Waals surface area contributed by atoms with Crippen LogP contribution in [0.1, 0.15) is 68.9 Å². The van der Waals surface area contributed by atoms with Crippen molar-refractivity contribution in [1.82, 2.24) is 40.3 Å². The van der Waals surface area contributed by atoms with Crippen LogP contribution in [0.3, 0.4) is 0 Å². The maximum Gasteiger partial charge on any atom is 0.278 e. The van der Waals surface area contributed by atoms with Crippen molar-refractivity contribution in [3.05, 3.63) is 165 Å². The summed E-state index contributed by atoms with van der Waals surface area (Å²) < 4.78 is 84.0. The van der Waals surface area contributed by atoms with Gasteiger partial charge in [0.05, 0.1) is 38.6 Å². The van der Waals surface area contributed by atoms with E-state index in [1.165, 1.54) is 32.1 Å². The summed E-state index contributed by atoms with van der Waals surface area (Å²) in [5.41, 5.74) is 6.25. The molecule has 3 aromatic heterocycles. The highest BCUT2D eigenvalue weighted by Gasteiger charge is 2.31. The standard InChI is InChI=1S/C62H70BN8O13P3S/c1-45-7-9-46(10-8-45)11-14-49-35-52(66-59(38-49)85(3,74)75)42-69-28-30-70(43-53-36-50(39-60(67-53)86(4,76)77)15-12-47-17-21-55(83-2)22-18-47)32-33-71(31-29-69)44-54-37-51(40-61(68-54)87(5,78)79)16-13-48-19-23-56(24-20-48)84-34-6-27-64-62(73)57(88(80,81)82)41-65-58(72)25-26-63/h7-10,17-24,35-40,57H,6,25-34,41-44H2,1-5H3,(H,64,73)(H,65,72)(H,74,75)(H,76,77)(H,78,79)(H,80,81,82). The fourth-order valence-corrected chi connectivity index (χ4v) is 11.6. The molecule has 4 heterocycles. The van der Waals surface area contributed by atoms with E-state index in [0.717, 1.165) is 16.7 Å². The van der Waals surface area contributed by atoms with Gasteiger partial charge in [0.25, 0.3) is 10.1 Å². The SMILES string of the molecule is [B]CCC(=O)NCC(C(=O)NCCCOc1ccc(C#Cc2cc(CN3CCN(Cc4cc(C#Cc5ccc(C)cc5)cc(P(C)(=O)O)n4)CCN(Cc4cc(C#Cc5ccc(OC)cc5)cc(P(C)(=O)O)n4)CC3)nc(P(C)(=O)O)c2)cc1)S(=O)(=O)O. The monoisotopic (exact) mass is 1270 g/mol. The van der Waals surface area contributed by atoms with Gasteiger partial charge in [-0.3, -0.25) is 42.5 Å². The Hall–Kier alpha value is -7.25. The summed E-state index contributed by atoms with van der Waals surface area (Å²) in [6.45, 7) is 9.01. The third-order valence-corrected chi connectivity index (χ3v) is 18.0. The van der Waals surface area contributed by atoms with E-state index >= 15 is 0 Å². The molecule has 1 aliphatic heterocycles. The first kappa shape index (κ1) is 68.2. The number of hydrogen-bond acceptors (Lipinski definition) is 15. The molecule has 1 aliphatic rings. The van der Waals surface area contributed by atoms with Crippen LogP contribution in [0.2, 0.25) is 6.32 Å². The zero-order valence-corrected chi connectivity index (χ0v) is 53.0. The molecule has 6 aromatic rings. The molecule has 0 bridgehead atoms. The van der Waals surface area contributed by atoms with E-state index in [9.17, 15) is 50.9 Å². The molecule has 460 valence electrons. The highest BCUT2D eigenvalue weighted by molar-refractivity contribution is 7.87. The number of nitrogens with zero attached hydrogens (tertiary/aromatic N) is 6. The molecule has 7 rings (SSSR count). The lowest BCUT2D eigenvalue weighted by molar-refractivity contribution is -0.122. The van der Waals surface area contributed by atoms with Crippen LogP contribution in [0.25, 0.3) is 0 Å². The van der Waals surface area contributed by atoms with Crippen molar-refractivity contribution in [1.29, 1.82) is 0 Å². The summed E-state index contributed by atoms with van der Waals surface area (Å²) in [4.78, 5) is 77.4. The summed E-state index contributed by atoms with van der Waals surface area (Å²) in [5.74, 6) is 18.5. The number of benzene rings is 3. The second-order valence-electron chi connectivity index (χ2n) is 21.3. The van der Waals surface area contributed by atoms with Gasteiger partial charge in [0, 0.05) is 132 Å². The molecular formula is C62H70BN8O13P3S. The molecule has 1 fully saturated rings. The Bertz CT molecular complexity index is 3920. The number of rotatable bonds is 21. The zero-order valence-electron chi connectivity index (χ0n) is 49.5. The van der Waals surface area contributed by atoms with Gasteiger partial charge in [0.15, 0.2) is 5.25 Å². The van der Waals surface area contributed by atoms with Crippen molar-refractivity contribution in [3.63, 3.8) is 0 Å². The van der Waals surface area contributed by atoms with Crippen molar-refractivity contribution < 1.29 is 60.4 Å². The molecule has 4 atom stereocenters. The van der Waals surface area contributed by atoms with E-state index < -0.39 is 55.8 Å². The third kappa shape index (κ3) is 22.1. The number of aromatic nitrogens is 3. The molecule has 2 radical (unpaired) electrons. The van der Waals surface area contributed by atoms with Gasteiger partial charge < -0.3 is 34.8 Å². The Morgan fingerprint density at radius 3 is 1.31 bits per heavy atom. The van der Waals surface area contributed by atoms with Crippen molar-refractivity contribution in [3.8, 4) is 47.0 Å². The molecule has 3 aromatic carbocycles. The fraction of sp³-hybridized carbons (Fsp3) is 0.339. The minimum Gasteiger partial charge on any atom is -0.497 e. The van der Waals surface area contributed by atoms with Gasteiger partial charge in [-0.15, -0.1) is 0 Å². The minimum atomic E-state index is -4.82. The summed E-state index contributed by atoms with van der Waals surface area (Å²) in [7, 11) is -9.48. The summed E-state index contributed by atoms with van der Waals surface area (Å²) in [5, 5.41) is 2.80. The lowest BCUT2D eigenvalue weighted by Crippen LogP contribution is -2.47. The maximum atomic E-state index is 13.3. The maximum absolute atomic E-state index is 13.3. The lowest BCUT2D eigenvalue weighted by Gasteiger charge is -2.26. The number of nitrogens with one attached hydrogen (secondary N) is 2. The van der Waals surface area contributed by atoms with Gasteiger partial charge in [0.2, 0.25) is 33.9 Å². The largest absolute Gasteiger partial charge is 0.497 e. The summed E-state index contributed by atoms with van der Waals surface area (Å²) in [6, 6.07) is 31.8. The lowest BCUT2D eigenvalue weighted by atomic mass is 10.0. The normalized spacial score (nSPS) is 15.6. The van der Waals surface area contributed by atoms with Crippen LogP contribution in [-0.2, 0) is 53.0 Å². The average Bonchev–Trinajstić information content (AvgIpc) is 3.73. The molecule has 2 amide bonds. The van der Waals surface area contributed by atoms with E-state index in [4.69, 9.17) is 17.3 Å². The van der Waals surface area contributed by atoms with Gasteiger partial charge in [-0.1, -0.05) is 59.5 Å². The Morgan fingerprint density at radius 1 is 0.591 bits per heavy atom. The topological polar surface area (TPSA) is 291 Å². The second kappa shape index (κ2) is 31.3. The van der Waals surface area contributed by atoms with Gasteiger partial charge in [0.1, 0.15) is 27.8 Å². The van der Waals surface area contributed by atoms with Crippen LogP contribution in [0.15, 0.2) is 109 Å². The van der Waals surface area contributed by atoms with Crippen molar-refractivity contribution >= 4 is 68.2 Å². The number of hydrogen-bond donors (Lipinski definition) is 6. The molecule has 0 saturated carbocycles. The molecule has 1 saturated heterocycles. The summed E-state index contributed by atoms with van der Waals surface area (Å²) >= 11 is 0. The first-order chi connectivity index (χ1) is 41.7. The predicted octanol–water partition coefficient (Wildman–Crippen LogP) is 4.02. The number of amides is 2. The van der Waals surface area contributed by atoms with Crippen LogP contribution >= 0.6 is 22.1 Å². The van der Waals surface area contributed by atoms with Gasteiger partial charge in [-0.25, -0.2) is 15.0 Å². The number of methoxy groups -OCH3 is 1. The molecule has 0 spiro atoms. The first-order valence-electron chi connectivity index (χ1n) is 28.0. The highest BCUT2D eigenvalue weighted by Crippen LogP contribution is 2.35. The van der Waals surface area contributed by atoms with E-state index in [0.29, 0.717) is 90.1 Å². The Balaban J connectivity index is 1.11. The van der Waals surface area contributed by atoms with E-state index in [1.54, 1.807) is 55.6 Å². The van der Waals surface area contributed by atoms with Gasteiger partial charge in [-0.05, 0) is 110 Å². The van der Waals surface area contributed by atoms with Crippen LogP contribution in [0.4, 0.5) is 0 Å². The van der Waals surface area contributed by atoms with Gasteiger partial charge in [-0.2, -0.15) is 8.42 Å². The van der Waals surface area contributed by atoms with Crippen molar-refractivity contribution in [2.45, 2.75) is 51.0 Å². The number of aryl methyl sites for hydroxylation is 1. The van der Waals surface area contributed by atoms with Crippen molar-refractivity contribution in [2.24, 2.45) is 0 Å². The molecular weight excluding hydrogens is 1200 g/mol. The summed E-state index contributed by atoms with van der Waals surface area (Å²) in [6.07, 6.45) is 0.221. The van der Waals surface area contributed by atoms with Crippen LogP contribution in [0, 0.1) is 42.4 Å². The predicted molar refractivity (Wildman–Crippen MR) is 340 cm³/mol. The Kier molecular flexibility index (Phi) is 24.3. The zero-order chi connectivity index (χ0) is 63.7. The van der Waals surface area contributed by atoms with E-state index in [2.05, 4.69) is 75.8 Å².